The molecular formula is C21H12Cl2N4. The molecule has 27 heavy (non-hydrogen) atoms. The molecular weight excluding hydrogens is 379 g/mol. The number of imidazole rings is 1. The summed E-state index contributed by atoms with van der Waals surface area (Å²) in [6, 6.07) is 23.0. The smallest absolute Gasteiger partial charge is 0.199 e. The quantitative estimate of drug-likeness (QED) is 0.374. The van der Waals surface area contributed by atoms with E-state index in [1.165, 1.54) is 0 Å². The van der Waals surface area contributed by atoms with E-state index >= 15 is 0 Å². The predicted molar refractivity (Wildman–Crippen MR) is 110 cm³/mol. The van der Waals surface area contributed by atoms with Gasteiger partial charge in [-0.1, -0.05) is 65.7 Å². The van der Waals surface area contributed by atoms with Gasteiger partial charge in [-0.25, -0.2) is 15.0 Å². The molecule has 3 aromatic carbocycles. The molecule has 0 saturated heterocycles. The number of hydrogen-bond donors (Lipinski definition) is 0. The summed E-state index contributed by atoms with van der Waals surface area (Å²) in [5.74, 6) is 0.727. The van der Waals surface area contributed by atoms with E-state index in [1.807, 2.05) is 65.2 Å². The maximum absolute atomic E-state index is 6.52. The first-order valence-corrected chi connectivity index (χ1v) is 9.12. The second-order valence-electron chi connectivity index (χ2n) is 6.09. The topological polar surface area (TPSA) is 43.6 Å². The molecule has 4 nitrogen and oxygen atoms in total. The lowest BCUT2D eigenvalue weighted by Crippen LogP contribution is -2.00. The molecule has 2 heterocycles. The Kier molecular flexibility index (Phi) is 3.81. The van der Waals surface area contributed by atoms with Crippen LogP contribution in [-0.2, 0) is 0 Å². The fraction of sp³-hybridized carbons (Fsp3) is 0. The van der Waals surface area contributed by atoms with E-state index in [2.05, 4.69) is 0 Å². The van der Waals surface area contributed by atoms with Gasteiger partial charge in [-0.3, -0.25) is 4.57 Å². The molecule has 0 aliphatic carbocycles. The summed E-state index contributed by atoms with van der Waals surface area (Å²) in [5, 5.41) is 1.10. The average Bonchev–Trinajstić information content (AvgIpc) is 3.05. The van der Waals surface area contributed by atoms with Crippen LogP contribution in [0.25, 0.3) is 39.4 Å². The third-order valence-corrected chi connectivity index (χ3v) is 4.89. The van der Waals surface area contributed by atoms with E-state index in [4.69, 9.17) is 38.2 Å². The Hall–Kier alpha value is -2.95. The number of aromatic nitrogens is 4. The Bertz CT molecular complexity index is 1300. The van der Waals surface area contributed by atoms with Crippen LogP contribution in [-0.4, -0.2) is 19.5 Å². The Labute approximate surface area is 165 Å². The van der Waals surface area contributed by atoms with Crippen LogP contribution in [0.15, 0.2) is 72.8 Å². The van der Waals surface area contributed by atoms with Crippen molar-refractivity contribution >= 4 is 45.5 Å². The molecule has 0 atom stereocenters. The highest BCUT2D eigenvalue weighted by molar-refractivity contribution is 6.35. The van der Waals surface area contributed by atoms with Gasteiger partial charge in [-0.15, -0.1) is 0 Å². The zero-order chi connectivity index (χ0) is 18.4. The summed E-state index contributed by atoms with van der Waals surface area (Å²) in [7, 11) is 0. The molecule has 0 aliphatic rings. The predicted octanol–water partition coefficient (Wildman–Crippen LogP) is 5.94. The van der Waals surface area contributed by atoms with Crippen LogP contribution in [0.1, 0.15) is 0 Å². The zero-order valence-electron chi connectivity index (χ0n) is 14.0. The normalized spacial score (nSPS) is 11.3. The van der Waals surface area contributed by atoms with Gasteiger partial charge in [0.1, 0.15) is 5.82 Å². The second kappa shape index (κ2) is 6.34. The molecule has 0 spiro atoms. The first-order valence-electron chi connectivity index (χ1n) is 8.37. The van der Waals surface area contributed by atoms with Gasteiger partial charge >= 0.3 is 0 Å². The first kappa shape index (κ1) is 16.2. The summed E-state index contributed by atoms with van der Waals surface area (Å²) in [6.45, 7) is 0. The molecule has 6 heteroatoms. The highest BCUT2D eigenvalue weighted by Gasteiger charge is 2.19. The van der Waals surface area contributed by atoms with Crippen LogP contribution < -0.4 is 0 Å². The third-order valence-electron chi connectivity index (χ3n) is 4.35. The van der Waals surface area contributed by atoms with E-state index in [1.54, 1.807) is 12.1 Å². The molecule has 2 aromatic heterocycles. The minimum absolute atomic E-state index is 0.522. The Morgan fingerprint density at radius 1 is 0.704 bits per heavy atom. The van der Waals surface area contributed by atoms with Crippen molar-refractivity contribution in [3.8, 4) is 17.1 Å². The molecule has 5 rings (SSSR count). The van der Waals surface area contributed by atoms with Gasteiger partial charge in [-0.2, -0.15) is 0 Å². The van der Waals surface area contributed by atoms with Crippen LogP contribution in [0, 0.1) is 0 Å². The number of hydrogen-bond acceptors (Lipinski definition) is 3. The molecule has 0 unspecified atom stereocenters. The van der Waals surface area contributed by atoms with E-state index in [-0.39, 0.29) is 0 Å². The van der Waals surface area contributed by atoms with E-state index in [0.29, 0.717) is 21.3 Å². The average molecular weight is 391 g/mol. The highest BCUT2D eigenvalue weighted by atomic mass is 35.5. The summed E-state index contributed by atoms with van der Waals surface area (Å²) in [4.78, 5) is 14.3. The van der Waals surface area contributed by atoms with Crippen molar-refractivity contribution in [2.45, 2.75) is 0 Å². The molecule has 0 saturated carbocycles. The first-order chi connectivity index (χ1) is 13.2. The fourth-order valence-electron chi connectivity index (χ4n) is 3.13. The number of halogens is 2. The van der Waals surface area contributed by atoms with Crippen LogP contribution in [0.3, 0.4) is 0 Å². The van der Waals surface area contributed by atoms with Crippen molar-refractivity contribution in [1.29, 1.82) is 0 Å². The Morgan fingerprint density at radius 2 is 1.41 bits per heavy atom. The summed E-state index contributed by atoms with van der Waals surface area (Å²) in [5.41, 5.74) is 4.53. The number of benzene rings is 3. The molecule has 5 aromatic rings. The minimum Gasteiger partial charge on any atom is -0.274 e. The van der Waals surface area contributed by atoms with Crippen molar-refractivity contribution in [3.63, 3.8) is 0 Å². The van der Waals surface area contributed by atoms with Gasteiger partial charge in [0, 0.05) is 10.6 Å². The van der Waals surface area contributed by atoms with Gasteiger partial charge in [-0.05, 0) is 30.3 Å². The monoisotopic (exact) mass is 390 g/mol. The molecule has 0 fully saturated rings. The third kappa shape index (κ3) is 2.74. The zero-order valence-corrected chi connectivity index (χ0v) is 15.5. The number of nitrogens with zero attached hydrogens (tertiary/aromatic N) is 4. The standard InChI is InChI=1S/C21H12Cl2N4/c22-14-10-11-18(15(23)12-14)27-20(13-6-2-1-3-7-13)26-19-21(27)25-17-9-5-4-8-16(17)24-19/h1-12H. The van der Waals surface area contributed by atoms with Gasteiger partial charge < -0.3 is 0 Å². The molecule has 0 N–H and O–H groups in total. The van der Waals surface area contributed by atoms with E-state index < -0.39 is 0 Å². The molecule has 0 radical (unpaired) electrons. The summed E-state index contributed by atoms with van der Waals surface area (Å²) < 4.78 is 1.93. The molecule has 0 amide bonds. The summed E-state index contributed by atoms with van der Waals surface area (Å²) in [6.07, 6.45) is 0. The Morgan fingerprint density at radius 3 is 2.15 bits per heavy atom. The highest BCUT2D eigenvalue weighted by Crippen LogP contribution is 2.32. The van der Waals surface area contributed by atoms with Crippen LogP contribution in [0.2, 0.25) is 10.0 Å². The van der Waals surface area contributed by atoms with Crippen molar-refractivity contribution in [3.05, 3.63) is 82.8 Å². The fourth-order valence-corrected chi connectivity index (χ4v) is 3.62. The van der Waals surface area contributed by atoms with Crippen LogP contribution in [0.4, 0.5) is 0 Å². The molecule has 0 aliphatic heterocycles. The van der Waals surface area contributed by atoms with E-state index in [0.717, 1.165) is 28.1 Å². The van der Waals surface area contributed by atoms with Gasteiger partial charge in [0.05, 0.1) is 21.7 Å². The summed E-state index contributed by atoms with van der Waals surface area (Å²) >= 11 is 12.6. The van der Waals surface area contributed by atoms with Gasteiger partial charge in [0.25, 0.3) is 0 Å². The van der Waals surface area contributed by atoms with Crippen molar-refractivity contribution in [2.24, 2.45) is 0 Å². The van der Waals surface area contributed by atoms with Crippen molar-refractivity contribution < 1.29 is 0 Å². The van der Waals surface area contributed by atoms with E-state index in [9.17, 15) is 0 Å². The van der Waals surface area contributed by atoms with Crippen LogP contribution >= 0.6 is 23.2 Å². The van der Waals surface area contributed by atoms with Crippen molar-refractivity contribution in [1.82, 2.24) is 19.5 Å². The Balaban J connectivity index is 1.91. The molecule has 130 valence electrons. The lowest BCUT2D eigenvalue weighted by Gasteiger charge is -2.11. The number of rotatable bonds is 2. The maximum atomic E-state index is 6.52. The number of fused-ring (bicyclic) bond motifs is 2. The lowest BCUT2D eigenvalue weighted by atomic mass is 10.2. The lowest BCUT2D eigenvalue weighted by molar-refractivity contribution is 1.08. The second-order valence-corrected chi connectivity index (χ2v) is 6.94. The largest absolute Gasteiger partial charge is 0.274 e. The van der Waals surface area contributed by atoms with Crippen molar-refractivity contribution in [2.75, 3.05) is 0 Å². The van der Waals surface area contributed by atoms with Gasteiger partial charge in [0.2, 0.25) is 0 Å². The van der Waals surface area contributed by atoms with Crippen LogP contribution in [0.5, 0.6) is 0 Å². The maximum Gasteiger partial charge on any atom is 0.199 e. The van der Waals surface area contributed by atoms with Gasteiger partial charge in [0.15, 0.2) is 11.3 Å². The molecule has 0 bridgehead atoms. The number of para-hydroxylation sites is 2. The minimum atomic E-state index is 0.522. The SMILES string of the molecule is Clc1ccc(-n2c(-c3ccccc3)nc3nc4ccccc4nc32)c(Cl)c1.